The van der Waals surface area contributed by atoms with Crippen LogP contribution in [0.5, 0.6) is 0 Å². The van der Waals surface area contributed by atoms with E-state index in [2.05, 4.69) is 19.1 Å². The molecule has 2 aromatic rings. The molecule has 0 spiro atoms. The SMILES string of the molecule is CCCCCCCCC(=O)N(CCOC)CC(=O)N(CCc1ccccc1)Cc1ccco1. The Morgan fingerprint density at radius 1 is 0.879 bits per heavy atom. The second-order valence-corrected chi connectivity index (χ2v) is 8.46. The van der Waals surface area contributed by atoms with Gasteiger partial charge in [0.25, 0.3) is 0 Å². The number of furan rings is 1. The molecule has 0 fully saturated rings. The van der Waals surface area contributed by atoms with Crippen LogP contribution in [0.4, 0.5) is 0 Å². The molecule has 0 atom stereocenters. The van der Waals surface area contributed by atoms with Crippen LogP contribution in [0.25, 0.3) is 0 Å². The van der Waals surface area contributed by atoms with E-state index in [1.54, 1.807) is 23.2 Å². The largest absolute Gasteiger partial charge is 0.467 e. The van der Waals surface area contributed by atoms with Crippen molar-refractivity contribution in [2.75, 3.05) is 33.4 Å². The molecule has 2 rings (SSSR count). The number of rotatable bonds is 17. The summed E-state index contributed by atoms with van der Waals surface area (Å²) in [4.78, 5) is 29.6. The average molecular weight is 457 g/mol. The number of carbonyl (C=O) groups excluding carboxylic acids is 2. The van der Waals surface area contributed by atoms with E-state index in [0.717, 1.165) is 31.4 Å². The van der Waals surface area contributed by atoms with Crippen LogP contribution < -0.4 is 0 Å². The van der Waals surface area contributed by atoms with E-state index in [9.17, 15) is 9.59 Å². The quantitative estimate of drug-likeness (QED) is 0.312. The van der Waals surface area contributed by atoms with E-state index in [1.807, 2.05) is 30.3 Å². The Morgan fingerprint density at radius 3 is 2.33 bits per heavy atom. The summed E-state index contributed by atoms with van der Waals surface area (Å²) < 4.78 is 10.7. The third-order valence-corrected chi connectivity index (χ3v) is 5.78. The molecule has 0 aliphatic carbocycles. The first-order valence-corrected chi connectivity index (χ1v) is 12.2. The van der Waals surface area contributed by atoms with Gasteiger partial charge in [-0.15, -0.1) is 0 Å². The highest BCUT2D eigenvalue weighted by Crippen LogP contribution is 2.11. The van der Waals surface area contributed by atoms with Gasteiger partial charge in [0.1, 0.15) is 5.76 Å². The van der Waals surface area contributed by atoms with Crippen LogP contribution in [0, 0.1) is 0 Å². The highest BCUT2D eigenvalue weighted by Gasteiger charge is 2.22. The molecule has 182 valence electrons. The van der Waals surface area contributed by atoms with Crippen LogP contribution >= 0.6 is 0 Å². The minimum atomic E-state index is -0.0743. The second kappa shape index (κ2) is 16.1. The lowest BCUT2D eigenvalue weighted by molar-refractivity contribution is -0.141. The number of hydrogen-bond donors (Lipinski definition) is 0. The van der Waals surface area contributed by atoms with Crippen molar-refractivity contribution in [1.82, 2.24) is 9.80 Å². The third-order valence-electron chi connectivity index (χ3n) is 5.78. The van der Waals surface area contributed by atoms with Gasteiger partial charge < -0.3 is 19.0 Å². The molecule has 1 heterocycles. The van der Waals surface area contributed by atoms with Gasteiger partial charge in [-0.2, -0.15) is 0 Å². The summed E-state index contributed by atoms with van der Waals surface area (Å²) >= 11 is 0. The molecule has 1 aromatic heterocycles. The van der Waals surface area contributed by atoms with Gasteiger partial charge in [0.15, 0.2) is 0 Å². The topological polar surface area (TPSA) is 63.0 Å². The Kier molecular flexibility index (Phi) is 13.0. The molecule has 0 saturated carbocycles. The summed E-state index contributed by atoms with van der Waals surface area (Å²) in [5, 5.41) is 0. The number of amides is 2. The lowest BCUT2D eigenvalue weighted by Crippen LogP contribution is -2.44. The zero-order chi connectivity index (χ0) is 23.7. The molecule has 0 aliphatic heterocycles. The number of carbonyl (C=O) groups is 2. The maximum atomic E-state index is 13.3. The van der Waals surface area contributed by atoms with Gasteiger partial charge in [-0.05, 0) is 30.5 Å². The molecule has 6 heteroatoms. The highest BCUT2D eigenvalue weighted by atomic mass is 16.5. The smallest absolute Gasteiger partial charge is 0.242 e. The summed E-state index contributed by atoms with van der Waals surface area (Å²) in [6.45, 7) is 4.05. The predicted molar refractivity (Wildman–Crippen MR) is 131 cm³/mol. The van der Waals surface area contributed by atoms with Crippen molar-refractivity contribution in [3.05, 3.63) is 60.1 Å². The molecule has 1 aromatic carbocycles. The van der Waals surface area contributed by atoms with Crippen molar-refractivity contribution in [2.45, 2.75) is 64.8 Å². The first kappa shape index (κ1) is 26.7. The number of nitrogens with zero attached hydrogens (tertiary/aromatic N) is 2. The van der Waals surface area contributed by atoms with Crippen LogP contribution in [0.2, 0.25) is 0 Å². The Hall–Kier alpha value is -2.60. The summed E-state index contributed by atoms with van der Waals surface area (Å²) in [6, 6.07) is 13.8. The van der Waals surface area contributed by atoms with E-state index in [-0.39, 0.29) is 18.4 Å². The van der Waals surface area contributed by atoms with E-state index >= 15 is 0 Å². The number of methoxy groups -OCH3 is 1. The lowest BCUT2D eigenvalue weighted by atomic mass is 10.1. The van der Waals surface area contributed by atoms with Gasteiger partial charge in [0, 0.05) is 26.6 Å². The number of hydrogen-bond acceptors (Lipinski definition) is 4. The fourth-order valence-corrected chi connectivity index (χ4v) is 3.76. The van der Waals surface area contributed by atoms with Gasteiger partial charge >= 0.3 is 0 Å². The van der Waals surface area contributed by atoms with E-state index in [1.165, 1.54) is 24.8 Å². The molecule has 2 amide bonds. The minimum absolute atomic E-state index is 0.0249. The van der Waals surface area contributed by atoms with Gasteiger partial charge in [0.05, 0.1) is 26.0 Å². The van der Waals surface area contributed by atoms with Crippen LogP contribution in [-0.2, 0) is 27.3 Å². The molecule has 0 bridgehead atoms. The standard InChI is InChI=1S/C27H40N2O4/c1-3-4-5-6-7-11-16-26(30)29(19-21-32-2)23-27(31)28(22-25-15-12-20-33-25)18-17-24-13-9-8-10-14-24/h8-10,12-15,20H,3-7,11,16-19,21-23H2,1-2H3. The summed E-state index contributed by atoms with van der Waals surface area (Å²) in [5.74, 6) is 0.685. The zero-order valence-corrected chi connectivity index (χ0v) is 20.3. The molecule has 0 N–H and O–H groups in total. The minimum Gasteiger partial charge on any atom is -0.467 e. The van der Waals surface area contributed by atoms with Gasteiger partial charge in [-0.1, -0.05) is 69.4 Å². The Bertz CT molecular complexity index is 777. The molecule has 6 nitrogen and oxygen atoms in total. The van der Waals surface area contributed by atoms with Crippen molar-refractivity contribution in [1.29, 1.82) is 0 Å². The van der Waals surface area contributed by atoms with E-state index in [4.69, 9.17) is 9.15 Å². The van der Waals surface area contributed by atoms with Crippen molar-refractivity contribution >= 4 is 11.8 Å². The molecular formula is C27H40N2O4. The summed E-state index contributed by atoms with van der Waals surface area (Å²) in [5.41, 5.74) is 1.17. The normalized spacial score (nSPS) is 10.8. The number of ether oxygens (including phenoxy) is 1. The monoisotopic (exact) mass is 456 g/mol. The third kappa shape index (κ3) is 10.7. The van der Waals surface area contributed by atoms with Crippen molar-refractivity contribution in [3.8, 4) is 0 Å². The lowest BCUT2D eigenvalue weighted by Gasteiger charge is -2.27. The summed E-state index contributed by atoms with van der Waals surface area (Å²) in [7, 11) is 1.61. The van der Waals surface area contributed by atoms with Crippen LogP contribution in [0.3, 0.4) is 0 Å². The number of benzene rings is 1. The maximum Gasteiger partial charge on any atom is 0.242 e. The van der Waals surface area contributed by atoms with Crippen molar-refractivity contribution in [2.24, 2.45) is 0 Å². The van der Waals surface area contributed by atoms with Crippen LogP contribution in [-0.4, -0.2) is 55.0 Å². The maximum absolute atomic E-state index is 13.3. The van der Waals surface area contributed by atoms with Crippen LogP contribution in [0.15, 0.2) is 53.1 Å². The molecule has 0 aliphatic rings. The van der Waals surface area contributed by atoms with Crippen molar-refractivity contribution in [3.63, 3.8) is 0 Å². The highest BCUT2D eigenvalue weighted by molar-refractivity contribution is 5.84. The summed E-state index contributed by atoms with van der Waals surface area (Å²) in [6.07, 6.45) is 9.60. The second-order valence-electron chi connectivity index (χ2n) is 8.46. The first-order valence-electron chi connectivity index (χ1n) is 12.2. The van der Waals surface area contributed by atoms with Gasteiger partial charge in [-0.3, -0.25) is 9.59 Å². The first-order chi connectivity index (χ1) is 16.1. The van der Waals surface area contributed by atoms with Crippen molar-refractivity contribution < 1.29 is 18.7 Å². The Morgan fingerprint density at radius 2 is 1.64 bits per heavy atom. The Labute approximate surface area is 198 Å². The number of unbranched alkanes of at least 4 members (excludes halogenated alkanes) is 5. The van der Waals surface area contributed by atoms with Gasteiger partial charge in [0.2, 0.25) is 11.8 Å². The molecule has 0 saturated heterocycles. The fraction of sp³-hybridized carbons (Fsp3) is 0.556. The average Bonchev–Trinajstić information content (AvgIpc) is 3.35. The molecular weight excluding hydrogens is 416 g/mol. The van der Waals surface area contributed by atoms with E-state index in [0.29, 0.717) is 32.7 Å². The van der Waals surface area contributed by atoms with Gasteiger partial charge in [-0.25, -0.2) is 0 Å². The molecule has 33 heavy (non-hydrogen) atoms. The Balaban J connectivity index is 1.95. The molecule has 0 radical (unpaired) electrons. The van der Waals surface area contributed by atoms with Crippen LogP contribution in [0.1, 0.15) is 63.2 Å². The molecule has 0 unspecified atom stereocenters. The zero-order valence-electron chi connectivity index (χ0n) is 20.3. The fourth-order valence-electron chi connectivity index (χ4n) is 3.76. The predicted octanol–water partition coefficient (Wildman–Crippen LogP) is 5.08. The van der Waals surface area contributed by atoms with E-state index < -0.39 is 0 Å².